The number of nitrogens with zero attached hydrogens (tertiary/aromatic N) is 4. The molecule has 1 aromatic carbocycles. The van der Waals surface area contributed by atoms with Gasteiger partial charge < -0.3 is 20.2 Å². The van der Waals surface area contributed by atoms with Gasteiger partial charge >= 0.3 is 0 Å². The Morgan fingerprint density at radius 3 is 2.74 bits per heavy atom. The zero-order valence-corrected chi connectivity index (χ0v) is 19.9. The number of aromatic nitrogens is 2. The van der Waals surface area contributed by atoms with Gasteiger partial charge in [-0.15, -0.1) is 0 Å². The van der Waals surface area contributed by atoms with Crippen molar-refractivity contribution < 1.29 is 14.7 Å². The van der Waals surface area contributed by atoms with E-state index in [9.17, 15) is 14.7 Å². The minimum Gasteiger partial charge on any atom is -0.389 e. The van der Waals surface area contributed by atoms with Crippen molar-refractivity contribution in [2.24, 2.45) is 5.92 Å². The van der Waals surface area contributed by atoms with Crippen molar-refractivity contribution >= 4 is 17.5 Å². The molecule has 0 aliphatic carbocycles. The molecule has 2 aliphatic heterocycles. The summed E-state index contributed by atoms with van der Waals surface area (Å²) < 4.78 is 0. The number of β-amino-alcohol motifs (C(OH)–C–C–N with tert-alkyl or cyclic N) is 1. The highest BCUT2D eigenvalue weighted by Gasteiger charge is 2.22. The Bertz CT molecular complexity index is 990. The van der Waals surface area contributed by atoms with Crippen LogP contribution in [-0.2, 0) is 17.6 Å². The normalized spacial score (nSPS) is 17.6. The number of piperidine rings is 1. The number of amides is 2. The maximum Gasteiger partial charge on any atom is 0.270 e. The highest BCUT2D eigenvalue weighted by atomic mass is 16.3. The first kappa shape index (κ1) is 24.1. The van der Waals surface area contributed by atoms with Gasteiger partial charge in [0, 0.05) is 51.0 Å². The summed E-state index contributed by atoms with van der Waals surface area (Å²) in [5, 5.41) is 13.5. The van der Waals surface area contributed by atoms with E-state index in [0.29, 0.717) is 18.2 Å². The molecule has 34 heavy (non-hydrogen) atoms. The van der Waals surface area contributed by atoms with Crippen LogP contribution in [0.25, 0.3) is 0 Å². The summed E-state index contributed by atoms with van der Waals surface area (Å²) in [6.07, 6.45) is 6.70. The molecular formula is C26H35N5O3. The SMILES string of the molecule is CC(=O)N1CCC(Cc2cc(C(=O)NC[C@H](O)CN3CCCCc4ccccc43)ncn2)CC1. The number of para-hydroxylation sites is 1. The van der Waals surface area contributed by atoms with Gasteiger partial charge in [0.15, 0.2) is 0 Å². The Labute approximate surface area is 201 Å². The number of hydrogen-bond donors (Lipinski definition) is 2. The highest BCUT2D eigenvalue weighted by Crippen LogP contribution is 2.26. The number of aryl methyl sites for hydroxylation is 1. The van der Waals surface area contributed by atoms with E-state index in [1.807, 2.05) is 11.0 Å². The predicted octanol–water partition coefficient (Wildman–Crippen LogP) is 2.21. The Kier molecular flexibility index (Phi) is 8.11. The third kappa shape index (κ3) is 6.32. The van der Waals surface area contributed by atoms with Crippen LogP contribution in [0.1, 0.15) is 54.4 Å². The van der Waals surface area contributed by atoms with Gasteiger partial charge in [-0.1, -0.05) is 18.2 Å². The third-order valence-corrected chi connectivity index (χ3v) is 6.90. The second-order valence-electron chi connectivity index (χ2n) is 9.44. The number of hydrogen-bond acceptors (Lipinski definition) is 6. The number of benzene rings is 1. The van der Waals surface area contributed by atoms with Crippen molar-refractivity contribution in [1.82, 2.24) is 20.2 Å². The average Bonchev–Trinajstić information content (AvgIpc) is 3.05. The predicted molar refractivity (Wildman–Crippen MR) is 131 cm³/mol. The molecule has 8 heteroatoms. The van der Waals surface area contributed by atoms with E-state index in [0.717, 1.165) is 63.9 Å². The molecule has 0 spiro atoms. The first-order valence-corrected chi connectivity index (χ1v) is 12.3. The van der Waals surface area contributed by atoms with E-state index in [-0.39, 0.29) is 18.4 Å². The summed E-state index contributed by atoms with van der Waals surface area (Å²) in [5.74, 6) is 0.270. The number of nitrogens with one attached hydrogen (secondary N) is 1. The fraction of sp³-hybridized carbons (Fsp3) is 0.538. The minimum atomic E-state index is -0.678. The van der Waals surface area contributed by atoms with Crippen molar-refractivity contribution in [3.8, 4) is 0 Å². The standard InChI is InChI=1S/C26H35N5O3/c1-19(32)30-12-9-20(10-13-30)14-22-15-24(29-18-28-22)26(34)27-16-23(33)17-31-11-5-4-7-21-6-2-3-8-25(21)31/h2-3,6,8,15,18,20,23,33H,4-5,7,9-14,16-17H2,1H3,(H,27,34)/t23-/m0/s1. The molecule has 1 saturated heterocycles. The van der Waals surface area contributed by atoms with Gasteiger partial charge in [-0.25, -0.2) is 9.97 Å². The molecule has 182 valence electrons. The maximum atomic E-state index is 12.7. The fourth-order valence-corrected chi connectivity index (χ4v) is 4.96. The van der Waals surface area contributed by atoms with Crippen LogP contribution in [-0.4, -0.2) is 70.6 Å². The average molecular weight is 466 g/mol. The zero-order valence-electron chi connectivity index (χ0n) is 19.9. The summed E-state index contributed by atoms with van der Waals surface area (Å²) in [6, 6.07) is 10.1. The summed E-state index contributed by atoms with van der Waals surface area (Å²) >= 11 is 0. The highest BCUT2D eigenvalue weighted by molar-refractivity contribution is 5.92. The van der Waals surface area contributed by atoms with Crippen LogP contribution in [0.5, 0.6) is 0 Å². The van der Waals surface area contributed by atoms with Crippen LogP contribution < -0.4 is 10.2 Å². The Hall–Kier alpha value is -3.00. The quantitative estimate of drug-likeness (QED) is 0.651. The molecule has 2 aromatic rings. The molecule has 2 amide bonds. The Morgan fingerprint density at radius 2 is 1.94 bits per heavy atom. The molecule has 0 radical (unpaired) electrons. The van der Waals surface area contributed by atoms with Crippen molar-refractivity contribution in [3.05, 3.63) is 53.6 Å². The lowest BCUT2D eigenvalue weighted by molar-refractivity contribution is -0.130. The Balaban J connectivity index is 1.27. The van der Waals surface area contributed by atoms with Gasteiger partial charge in [0.2, 0.25) is 5.91 Å². The molecule has 8 nitrogen and oxygen atoms in total. The lowest BCUT2D eigenvalue weighted by Gasteiger charge is -2.31. The van der Waals surface area contributed by atoms with Crippen LogP contribution in [0, 0.1) is 5.92 Å². The van der Waals surface area contributed by atoms with Crippen molar-refractivity contribution in [2.45, 2.75) is 51.6 Å². The molecule has 0 unspecified atom stereocenters. The smallest absolute Gasteiger partial charge is 0.270 e. The second-order valence-corrected chi connectivity index (χ2v) is 9.44. The maximum absolute atomic E-state index is 12.7. The van der Waals surface area contributed by atoms with Gasteiger partial charge in [-0.05, 0) is 62.1 Å². The van der Waals surface area contributed by atoms with E-state index in [1.54, 1.807) is 13.0 Å². The molecule has 1 aromatic heterocycles. The topological polar surface area (TPSA) is 98.7 Å². The number of rotatable bonds is 7. The first-order valence-electron chi connectivity index (χ1n) is 12.3. The lowest BCUT2D eigenvalue weighted by atomic mass is 9.92. The Morgan fingerprint density at radius 1 is 1.15 bits per heavy atom. The van der Waals surface area contributed by atoms with Gasteiger partial charge in [0.25, 0.3) is 5.91 Å². The molecule has 1 fully saturated rings. The van der Waals surface area contributed by atoms with Crippen LogP contribution in [0.3, 0.4) is 0 Å². The van der Waals surface area contributed by atoms with E-state index < -0.39 is 6.10 Å². The molecular weight excluding hydrogens is 430 g/mol. The summed E-state index contributed by atoms with van der Waals surface area (Å²) in [5.41, 5.74) is 3.65. The number of fused-ring (bicyclic) bond motifs is 1. The largest absolute Gasteiger partial charge is 0.389 e. The summed E-state index contributed by atoms with van der Waals surface area (Å²) in [6.45, 7) is 4.71. The summed E-state index contributed by atoms with van der Waals surface area (Å²) in [7, 11) is 0. The van der Waals surface area contributed by atoms with Crippen LogP contribution in [0.2, 0.25) is 0 Å². The van der Waals surface area contributed by atoms with Crippen molar-refractivity contribution in [2.75, 3.05) is 37.6 Å². The van der Waals surface area contributed by atoms with E-state index in [2.05, 4.69) is 38.4 Å². The number of carbonyl (C=O) groups excluding carboxylic acids is 2. The van der Waals surface area contributed by atoms with Crippen molar-refractivity contribution in [3.63, 3.8) is 0 Å². The molecule has 1 atom stereocenters. The number of aliphatic hydroxyl groups excluding tert-OH is 1. The first-order chi connectivity index (χ1) is 16.5. The zero-order chi connectivity index (χ0) is 23.9. The van der Waals surface area contributed by atoms with Crippen LogP contribution in [0.15, 0.2) is 36.7 Å². The second kappa shape index (κ2) is 11.4. The van der Waals surface area contributed by atoms with Crippen LogP contribution in [0.4, 0.5) is 5.69 Å². The molecule has 4 rings (SSSR count). The van der Waals surface area contributed by atoms with Crippen molar-refractivity contribution in [1.29, 1.82) is 0 Å². The molecule has 0 saturated carbocycles. The minimum absolute atomic E-state index is 0.127. The van der Waals surface area contributed by atoms with Gasteiger partial charge in [-0.3, -0.25) is 9.59 Å². The van der Waals surface area contributed by atoms with E-state index in [4.69, 9.17) is 0 Å². The van der Waals surface area contributed by atoms with Gasteiger partial charge in [0.05, 0.1) is 6.10 Å². The van der Waals surface area contributed by atoms with E-state index in [1.165, 1.54) is 17.6 Å². The number of likely N-dealkylation sites (tertiary alicyclic amines) is 1. The summed E-state index contributed by atoms with van der Waals surface area (Å²) in [4.78, 5) is 36.8. The monoisotopic (exact) mass is 465 g/mol. The number of anilines is 1. The van der Waals surface area contributed by atoms with Crippen LogP contribution >= 0.6 is 0 Å². The molecule has 3 heterocycles. The third-order valence-electron chi connectivity index (χ3n) is 6.90. The van der Waals surface area contributed by atoms with Gasteiger partial charge in [0.1, 0.15) is 12.0 Å². The molecule has 2 aliphatic rings. The lowest BCUT2D eigenvalue weighted by Crippen LogP contribution is -2.40. The molecule has 0 bridgehead atoms. The number of aliphatic hydroxyl groups is 1. The number of carbonyl (C=O) groups is 2. The van der Waals surface area contributed by atoms with E-state index >= 15 is 0 Å². The van der Waals surface area contributed by atoms with Gasteiger partial charge in [-0.2, -0.15) is 0 Å². The molecule has 2 N–H and O–H groups in total. The fourth-order valence-electron chi connectivity index (χ4n) is 4.96.